The SMILES string of the molecule is CC(=O)N1c2ccc(C(=O)N3CCNCC3)cc2NC(=O)CC1c1ccc(Cl)cc1Cl. The van der Waals surface area contributed by atoms with Gasteiger partial charge in [0.25, 0.3) is 5.91 Å². The maximum Gasteiger partial charge on any atom is 0.254 e. The van der Waals surface area contributed by atoms with Crippen molar-refractivity contribution in [3.63, 3.8) is 0 Å². The van der Waals surface area contributed by atoms with Gasteiger partial charge in [-0.05, 0) is 35.9 Å². The molecule has 0 spiro atoms. The Labute approximate surface area is 190 Å². The van der Waals surface area contributed by atoms with Crippen molar-refractivity contribution >= 4 is 52.3 Å². The zero-order chi connectivity index (χ0) is 22.1. The molecule has 1 fully saturated rings. The van der Waals surface area contributed by atoms with Gasteiger partial charge < -0.3 is 20.4 Å². The highest BCUT2D eigenvalue weighted by Gasteiger charge is 2.33. The summed E-state index contributed by atoms with van der Waals surface area (Å²) in [6.45, 7) is 4.18. The number of fused-ring (bicyclic) bond motifs is 1. The van der Waals surface area contributed by atoms with E-state index in [0.717, 1.165) is 13.1 Å². The van der Waals surface area contributed by atoms with Crippen LogP contribution in [0.25, 0.3) is 0 Å². The lowest BCUT2D eigenvalue weighted by Crippen LogP contribution is -2.46. The minimum atomic E-state index is -0.599. The van der Waals surface area contributed by atoms with Gasteiger partial charge in [-0.2, -0.15) is 0 Å². The van der Waals surface area contributed by atoms with E-state index in [2.05, 4.69) is 10.6 Å². The first-order valence-corrected chi connectivity index (χ1v) is 10.8. The Morgan fingerprint density at radius 2 is 1.81 bits per heavy atom. The van der Waals surface area contributed by atoms with Crippen LogP contribution in [-0.2, 0) is 9.59 Å². The Morgan fingerprint density at radius 3 is 2.48 bits per heavy atom. The van der Waals surface area contributed by atoms with Crippen molar-refractivity contribution in [1.82, 2.24) is 10.2 Å². The quantitative estimate of drug-likeness (QED) is 0.718. The summed E-state index contributed by atoms with van der Waals surface area (Å²) in [5.74, 6) is -0.614. The Balaban J connectivity index is 1.75. The number of nitrogens with one attached hydrogen (secondary N) is 2. The molecule has 2 aromatic carbocycles. The fraction of sp³-hybridized carbons (Fsp3) is 0.318. The van der Waals surface area contributed by atoms with Gasteiger partial charge in [0.15, 0.2) is 0 Å². The van der Waals surface area contributed by atoms with Crippen LogP contribution in [0.15, 0.2) is 36.4 Å². The second-order valence-corrected chi connectivity index (χ2v) is 8.44. The van der Waals surface area contributed by atoms with Gasteiger partial charge in [-0.25, -0.2) is 0 Å². The van der Waals surface area contributed by atoms with Crippen molar-refractivity contribution in [2.24, 2.45) is 0 Å². The molecular weight excluding hydrogens is 439 g/mol. The van der Waals surface area contributed by atoms with E-state index in [-0.39, 0.29) is 24.1 Å². The molecule has 9 heteroatoms. The van der Waals surface area contributed by atoms with E-state index in [9.17, 15) is 14.4 Å². The zero-order valence-electron chi connectivity index (χ0n) is 17.0. The van der Waals surface area contributed by atoms with Gasteiger partial charge in [-0.15, -0.1) is 0 Å². The van der Waals surface area contributed by atoms with Gasteiger partial charge in [0.1, 0.15) is 0 Å². The number of nitrogens with zero attached hydrogens (tertiary/aromatic N) is 2. The number of hydrogen-bond donors (Lipinski definition) is 2. The minimum Gasteiger partial charge on any atom is -0.336 e. The van der Waals surface area contributed by atoms with E-state index in [0.29, 0.717) is 45.6 Å². The number of piperazine rings is 1. The van der Waals surface area contributed by atoms with E-state index in [4.69, 9.17) is 23.2 Å². The summed E-state index contributed by atoms with van der Waals surface area (Å²) in [5, 5.41) is 6.92. The van der Waals surface area contributed by atoms with Gasteiger partial charge in [0.05, 0.1) is 23.8 Å². The fourth-order valence-corrected chi connectivity index (χ4v) is 4.61. The highest BCUT2D eigenvalue weighted by molar-refractivity contribution is 6.35. The van der Waals surface area contributed by atoms with Crippen LogP contribution in [-0.4, -0.2) is 48.8 Å². The third kappa shape index (κ3) is 4.39. The van der Waals surface area contributed by atoms with Crippen LogP contribution in [0.3, 0.4) is 0 Å². The van der Waals surface area contributed by atoms with Gasteiger partial charge in [-0.1, -0.05) is 29.3 Å². The van der Waals surface area contributed by atoms with Crippen molar-refractivity contribution in [3.05, 3.63) is 57.6 Å². The molecule has 2 heterocycles. The molecular formula is C22H22Cl2N4O3. The predicted molar refractivity (Wildman–Crippen MR) is 121 cm³/mol. The third-order valence-corrected chi connectivity index (χ3v) is 6.09. The summed E-state index contributed by atoms with van der Waals surface area (Å²) in [6, 6.07) is 9.44. The number of halogens is 2. The molecule has 0 aliphatic carbocycles. The van der Waals surface area contributed by atoms with Crippen LogP contribution in [0.1, 0.15) is 35.3 Å². The molecule has 1 saturated heterocycles. The number of carbonyl (C=O) groups excluding carboxylic acids is 3. The molecule has 0 aromatic heterocycles. The normalized spacial score (nSPS) is 18.8. The lowest BCUT2D eigenvalue weighted by Gasteiger charge is -2.31. The van der Waals surface area contributed by atoms with Crippen molar-refractivity contribution in [2.75, 3.05) is 36.4 Å². The van der Waals surface area contributed by atoms with Crippen LogP contribution in [0.4, 0.5) is 11.4 Å². The van der Waals surface area contributed by atoms with E-state index in [1.54, 1.807) is 46.2 Å². The molecule has 2 aromatic rings. The standard InChI is InChI=1S/C22H22Cl2N4O3/c1-13(29)28-19-5-2-14(22(31)27-8-6-25-7-9-27)10-18(19)26-21(30)12-20(28)16-4-3-15(23)11-17(16)24/h2-5,10-11,20,25H,6-9,12H2,1H3,(H,26,30). The summed E-state index contributed by atoms with van der Waals surface area (Å²) in [7, 11) is 0. The molecule has 4 rings (SSSR count). The number of benzene rings is 2. The van der Waals surface area contributed by atoms with Gasteiger partial charge in [-0.3, -0.25) is 14.4 Å². The van der Waals surface area contributed by atoms with Crippen LogP contribution in [0.5, 0.6) is 0 Å². The molecule has 1 atom stereocenters. The van der Waals surface area contributed by atoms with Crippen molar-refractivity contribution in [1.29, 1.82) is 0 Å². The average Bonchev–Trinajstić information content (AvgIpc) is 2.88. The number of hydrogen-bond acceptors (Lipinski definition) is 4. The van der Waals surface area contributed by atoms with Crippen LogP contribution >= 0.6 is 23.2 Å². The third-order valence-electron chi connectivity index (χ3n) is 5.53. The number of rotatable bonds is 2. The molecule has 162 valence electrons. The zero-order valence-corrected chi connectivity index (χ0v) is 18.5. The highest BCUT2D eigenvalue weighted by Crippen LogP contribution is 2.41. The van der Waals surface area contributed by atoms with E-state index in [1.165, 1.54) is 6.92 Å². The van der Waals surface area contributed by atoms with Crippen molar-refractivity contribution in [2.45, 2.75) is 19.4 Å². The predicted octanol–water partition coefficient (Wildman–Crippen LogP) is 3.48. The number of amides is 3. The van der Waals surface area contributed by atoms with E-state index in [1.807, 2.05) is 0 Å². The molecule has 0 saturated carbocycles. The topological polar surface area (TPSA) is 81.8 Å². The van der Waals surface area contributed by atoms with Crippen molar-refractivity contribution in [3.8, 4) is 0 Å². The molecule has 0 radical (unpaired) electrons. The van der Waals surface area contributed by atoms with E-state index >= 15 is 0 Å². The largest absolute Gasteiger partial charge is 0.336 e. The lowest BCUT2D eigenvalue weighted by molar-refractivity contribution is -0.118. The van der Waals surface area contributed by atoms with Crippen LogP contribution in [0, 0.1) is 0 Å². The first-order chi connectivity index (χ1) is 14.8. The summed E-state index contributed by atoms with van der Waals surface area (Å²) < 4.78 is 0. The van der Waals surface area contributed by atoms with Gasteiger partial charge in [0.2, 0.25) is 11.8 Å². The maximum atomic E-state index is 12.9. The number of anilines is 2. The Hall–Kier alpha value is -2.61. The maximum absolute atomic E-state index is 12.9. The fourth-order valence-electron chi connectivity index (χ4n) is 4.08. The Morgan fingerprint density at radius 1 is 1.06 bits per heavy atom. The minimum absolute atomic E-state index is 0.0245. The molecule has 0 bridgehead atoms. The van der Waals surface area contributed by atoms with Gasteiger partial charge in [0, 0.05) is 48.7 Å². The second kappa shape index (κ2) is 8.86. The summed E-state index contributed by atoms with van der Waals surface area (Å²) in [5.41, 5.74) is 2.04. The number of carbonyl (C=O) groups is 3. The molecule has 3 amide bonds. The molecule has 2 N–H and O–H groups in total. The first-order valence-electron chi connectivity index (χ1n) is 10.0. The smallest absolute Gasteiger partial charge is 0.254 e. The van der Waals surface area contributed by atoms with Gasteiger partial charge >= 0.3 is 0 Å². The average molecular weight is 461 g/mol. The lowest BCUT2D eigenvalue weighted by atomic mass is 10.0. The Bertz CT molecular complexity index is 1050. The second-order valence-electron chi connectivity index (χ2n) is 7.60. The molecule has 2 aliphatic heterocycles. The van der Waals surface area contributed by atoms with Crippen LogP contribution < -0.4 is 15.5 Å². The summed E-state index contributed by atoms with van der Waals surface area (Å²) in [6.07, 6.45) is 0.0245. The molecule has 7 nitrogen and oxygen atoms in total. The molecule has 2 aliphatic rings. The highest BCUT2D eigenvalue weighted by atomic mass is 35.5. The molecule has 1 unspecified atom stereocenters. The first kappa shape index (κ1) is 21.6. The monoisotopic (exact) mass is 460 g/mol. The van der Waals surface area contributed by atoms with Crippen molar-refractivity contribution < 1.29 is 14.4 Å². The van der Waals surface area contributed by atoms with Crippen LogP contribution in [0.2, 0.25) is 10.0 Å². The summed E-state index contributed by atoms with van der Waals surface area (Å²) in [4.78, 5) is 41.6. The summed E-state index contributed by atoms with van der Waals surface area (Å²) >= 11 is 12.4. The van der Waals surface area contributed by atoms with E-state index < -0.39 is 6.04 Å². The molecule has 31 heavy (non-hydrogen) atoms. The Kier molecular flexibility index (Phi) is 6.18.